The first-order valence-electron chi connectivity index (χ1n) is 7.65. The van der Waals surface area contributed by atoms with Gasteiger partial charge in [-0.05, 0) is 44.5 Å². The Morgan fingerprint density at radius 2 is 2.09 bits per heavy atom. The van der Waals surface area contributed by atoms with Crippen molar-refractivity contribution < 1.29 is 4.79 Å². The van der Waals surface area contributed by atoms with Gasteiger partial charge in [0.05, 0.1) is 34.5 Å². The number of nitrogens with one attached hydrogen (secondary N) is 1. The van der Waals surface area contributed by atoms with Crippen molar-refractivity contribution in [1.82, 2.24) is 20.2 Å². The van der Waals surface area contributed by atoms with Crippen molar-refractivity contribution in [1.29, 1.82) is 0 Å². The summed E-state index contributed by atoms with van der Waals surface area (Å²) in [5, 5.41) is 7.68. The second-order valence-corrected chi connectivity index (χ2v) is 6.28. The molecule has 2 aromatic heterocycles. The molecule has 1 aromatic carbocycles. The van der Waals surface area contributed by atoms with Crippen LogP contribution in [0.5, 0.6) is 0 Å². The van der Waals surface area contributed by atoms with Crippen LogP contribution in [0.25, 0.3) is 22.4 Å². The van der Waals surface area contributed by atoms with E-state index in [1.54, 1.807) is 12.4 Å². The zero-order valence-electron chi connectivity index (χ0n) is 13.3. The third-order valence-electron chi connectivity index (χ3n) is 4.52. The normalized spacial score (nSPS) is 16.1. The molecule has 3 heterocycles. The average Bonchev–Trinajstić information content (AvgIpc) is 3.05. The van der Waals surface area contributed by atoms with Crippen LogP contribution in [0.2, 0.25) is 0 Å². The van der Waals surface area contributed by atoms with Gasteiger partial charge >= 0.3 is 0 Å². The summed E-state index contributed by atoms with van der Waals surface area (Å²) in [5.74, 6) is 0.895. The number of aromatic nitrogens is 4. The molecule has 0 atom stereocenters. The number of carbonyl (C=O) groups excluding carboxylic acids is 1. The molecule has 6 nitrogen and oxygen atoms in total. The second-order valence-electron chi connectivity index (χ2n) is 6.28. The summed E-state index contributed by atoms with van der Waals surface area (Å²) in [7, 11) is 0. The van der Waals surface area contributed by atoms with Gasteiger partial charge in [-0.3, -0.25) is 4.79 Å². The van der Waals surface area contributed by atoms with Crippen molar-refractivity contribution in [3.8, 4) is 11.4 Å². The van der Waals surface area contributed by atoms with E-state index in [2.05, 4.69) is 20.2 Å². The first kappa shape index (κ1) is 13.9. The van der Waals surface area contributed by atoms with Crippen LogP contribution in [0.4, 0.5) is 5.69 Å². The first-order chi connectivity index (χ1) is 11.0. The molecule has 0 aliphatic carbocycles. The SMILES string of the molecule is CCN1C(=O)C(C)(C)c2cc3[nH]c(-c4ccnnc4)nc3cc21. The highest BCUT2D eigenvalue weighted by atomic mass is 16.2. The Hall–Kier alpha value is -2.76. The van der Waals surface area contributed by atoms with Gasteiger partial charge in [-0.1, -0.05) is 0 Å². The maximum absolute atomic E-state index is 12.6. The number of benzene rings is 1. The van der Waals surface area contributed by atoms with Crippen molar-refractivity contribution in [2.24, 2.45) is 0 Å². The minimum absolute atomic E-state index is 0.140. The largest absolute Gasteiger partial charge is 0.338 e. The lowest BCUT2D eigenvalue weighted by Gasteiger charge is -2.18. The van der Waals surface area contributed by atoms with E-state index in [4.69, 9.17) is 0 Å². The number of nitrogens with zero attached hydrogens (tertiary/aromatic N) is 4. The zero-order valence-corrected chi connectivity index (χ0v) is 13.3. The lowest BCUT2D eigenvalue weighted by Crippen LogP contribution is -2.35. The molecule has 0 fully saturated rings. The fraction of sp³-hybridized carbons (Fsp3) is 0.294. The van der Waals surface area contributed by atoms with E-state index >= 15 is 0 Å². The second kappa shape index (κ2) is 4.62. The number of rotatable bonds is 2. The predicted molar refractivity (Wildman–Crippen MR) is 88.2 cm³/mol. The molecule has 23 heavy (non-hydrogen) atoms. The summed E-state index contributed by atoms with van der Waals surface area (Å²) in [6.45, 7) is 6.59. The van der Waals surface area contributed by atoms with E-state index in [-0.39, 0.29) is 5.91 Å². The molecule has 0 saturated heterocycles. The summed E-state index contributed by atoms with van der Waals surface area (Å²) < 4.78 is 0. The molecule has 1 aliphatic rings. The molecule has 0 radical (unpaired) electrons. The Kier molecular flexibility index (Phi) is 2.78. The van der Waals surface area contributed by atoms with Crippen molar-refractivity contribution in [3.05, 3.63) is 36.2 Å². The van der Waals surface area contributed by atoms with Crippen LogP contribution in [0.15, 0.2) is 30.6 Å². The van der Waals surface area contributed by atoms with E-state index in [0.717, 1.165) is 33.7 Å². The Morgan fingerprint density at radius 3 is 2.78 bits per heavy atom. The van der Waals surface area contributed by atoms with E-state index in [1.807, 2.05) is 43.9 Å². The Morgan fingerprint density at radius 1 is 1.26 bits per heavy atom. The molecule has 3 aromatic rings. The maximum Gasteiger partial charge on any atom is 0.237 e. The molecule has 0 saturated carbocycles. The standard InChI is InChI=1S/C17H17N5O/c1-4-22-14-8-13-12(7-11(14)17(2,3)16(22)23)20-15(21-13)10-5-6-18-19-9-10/h5-9H,4H2,1-3H3,(H,20,21). The smallest absolute Gasteiger partial charge is 0.237 e. The lowest BCUT2D eigenvalue weighted by molar-refractivity contribution is -0.122. The summed E-state index contributed by atoms with van der Waals surface area (Å²) in [4.78, 5) is 22.4. The van der Waals surface area contributed by atoms with Gasteiger partial charge in [-0.2, -0.15) is 10.2 Å². The van der Waals surface area contributed by atoms with E-state index in [1.165, 1.54) is 0 Å². The van der Waals surface area contributed by atoms with Crippen molar-refractivity contribution in [3.63, 3.8) is 0 Å². The summed E-state index contributed by atoms with van der Waals surface area (Å²) in [6.07, 6.45) is 3.32. The van der Waals surface area contributed by atoms with Crippen LogP contribution in [0, 0.1) is 0 Å². The average molecular weight is 307 g/mol. The third-order valence-corrected chi connectivity index (χ3v) is 4.52. The number of amides is 1. The molecule has 6 heteroatoms. The fourth-order valence-corrected chi connectivity index (χ4v) is 3.21. The van der Waals surface area contributed by atoms with Gasteiger partial charge in [0.25, 0.3) is 0 Å². The molecular weight excluding hydrogens is 290 g/mol. The molecule has 4 rings (SSSR count). The van der Waals surface area contributed by atoms with Crippen molar-refractivity contribution in [2.45, 2.75) is 26.2 Å². The van der Waals surface area contributed by atoms with Crippen LogP contribution in [0.1, 0.15) is 26.3 Å². The van der Waals surface area contributed by atoms with Crippen molar-refractivity contribution in [2.75, 3.05) is 11.4 Å². The van der Waals surface area contributed by atoms with Crippen LogP contribution in [-0.4, -0.2) is 32.6 Å². The molecule has 0 spiro atoms. The highest BCUT2D eigenvalue weighted by Gasteiger charge is 2.43. The molecule has 1 amide bonds. The quantitative estimate of drug-likeness (QED) is 0.790. The van der Waals surface area contributed by atoms with Crippen molar-refractivity contribution >= 4 is 22.6 Å². The van der Waals surface area contributed by atoms with Gasteiger partial charge in [0.2, 0.25) is 5.91 Å². The monoisotopic (exact) mass is 307 g/mol. The van der Waals surface area contributed by atoms with Gasteiger partial charge in [-0.25, -0.2) is 4.98 Å². The van der Waals surface area contributed by atoms with Crippen LogP contribution >= 0.6 is 0 Å². The summed E-state index contributed by atoms with van der Waals surface area (Å²) in [5.41, 5.74) is 4.15. The fourth-order valence-electron chi connectivity index (χ4n) is 3.21. The topological polar surface area (TPSA) is 74.8 Å². The zero-order chi connectivity index (χ0) is 16.2. The van der Waals surface area contributed by atoms with Gasteiger partial charge in [0.1, 0.15) is 5.82 Å². The first-order valence-corrected chi connectivity index (χ1v) is 7.65. The van der Waals surface area contributed by atoms with Crippen LogP contribution in [0.3, 0.4) is 0 Å². The number of likely N-dealkylation sites (N-methyl/N-ethyl adjacent to an activating group) is 1. The molecule has 0 bridgehead atoms. The highest BCUT2D eigenvalue weighted by molar-refractivity contribution is 6.09. The minimum Gasteiger partial charge on any atom is -0.338 e. The number of hydrogen-bond donors (Lipinski definition) is 1. The van der Waals surface area contributed by atoms with Gasteiger partial charge in [-0.15, -0.1) is 0 Å². The number of imidazole rings is 1. The Labute approximate surface area is 133 Å². The number of carbonyl (C=O) groups is 1. The number of anilines is 1. The summed E-state index contributed by atoms with van der Waals surface area (Å²) >= 11 is 0. The molecular formula is C17H17N5O. The van der Waals surface area contributed by atoms with E-state index in [0.29, 0.717) is 6.54 Å². The number of fused-ring (bicyclic) bond motifs is 2. The van der Waals surface area contributed by atoms with Crippen LogP contribution < -0.4 is 4.90 Å². The molecule has 1 N–H and O–H groups in total. The molecule has 1 aliphatic heterocycles. The lowest BCUT2D eigenvalue weighted by atomic mass is 9.86. The predicted octanol–water partition coefficient (Wildman–Crippen LogP) is 2.66. The number of aromatic amines is 1. The van der Waals surface area contributed by atoms with E-state index < -0.39 is 5.41 Å². The molecule has 116 valence electrons. The molecule has 0 unspecified atom stereocenters. The van der Waals surface area contributed by atoms with Crippen LogP contribution in [-0.2, 0) is 10.2 Å². The number of hydrogen-bond acceptors (Lipinski definition) is 4. The van der Waals surface area contributed by atoms with E-state index in [9.17, 15) is 4.79 Å². The number of H-pyrrole nitrogens is 1. The summed E-state index contributed by atoms with van der Waals surface area (Å²) in [6, 6.07) is 5.91. The third kappa shape index (κ3) is 1.87. The van der Waals surface area contributed by atoms with Gasteiger partial charge < -0.3 is 9.88 Å². The Bertz CT molecular complexity index is 913. The van der Waals surface area contributed by atoms with Gasteiger partial charge in [0, 0.05) is 12.1 Å². The highest BCUT2D eigenvalue weighted by Crippen LogP contribution is 2.43. The van der Waals surface area contributed by atoms with Gasteiger partial charge in [0.15, 0.2) is 0 Å². The minimum atomic E-state index is -0.511. The maximum atomic E-state index is 12.6. The Balaban J connectivity index is 1.92.